The first-order valence-electron chi connectivity index (χ1n) is 5.44. The van der Waals surface area contributed by atoms with Crippen molar-refractivity contribution in [1.82, 2.24) is 0 Å². The quantitative estimate of drug-likeness (QED) is 0.724. The summed E-state index contributed by atoms with van der Waals surface area (Å²) in [5.41, 5.74) is 6.29. The highest BCUT2D eigenvalue weighted by Gasteiger charge is 2.01. The number of ether oxygens (including phenoxy) is 2. The van der Waals surface area contributed by atoms with Gasteiger partial charge in [-0.1, -0.05) is 12.1 Å². The Balaban J connectivity index is 2.38. The topological polar surface area (TPSA) is 64.7 Å². The van der Waals surface area contributed by atoms with Crippen LogP contribution in [0.3, 0.4) is 0 Å². The minimum absolute atomic E-state index is 0.221. The van der Waals surface area contributed by atoms with E-state index in [-0.39, 0.29) is 13.2 Å². The molecule has 1 atom stereocenters. The predicted molar refractivity (Wildman–Crippen MR) is 62.3 cm³/mol. The van der Waals surface area contributed by atoms with E-state index in [0.717, 1.165) is 11.3 Å². The van der Waals surface area contributed by atoms with Gasteiger partial charge in [-0.2, -0.15) is 0 Å². The van der Waals surface area contributed by atoms with Gasteiger partial charge in [0.15, 0.2) is 0 Å². The summed E-state index contributed by atoms with van der Waals surface area (Å²) in [7, 11) is 0. The Morgan fingerprint density at radius 2 is 2.25 bits per heavy atom. The Kier molecular flexibility index (Phi) is 5.85. The minimum atomic E-state index is -0.588. The maximum atomic E-state index is 9.20. The molecular weight excluding hydrogens is 206 g/mol. The fraction of sp³-hybridized carbons (Fsp3) is 0.500. The van der Waals surface area contributed by atoms with E-state index in [0.29, 0.717) is 13.2 Å². The van der Waals surface area contributed by atoms with Crippen molar-refractivity contribution in [1.29, 1.82) is 0 Å². The summed E-state index contributed by atoms with van der Waals surface area (Å²) in [6.07, 6.45) is -0.588. The van der Waals surface area contributed by atoms with Gasteiger partial charge in [0, 0.05) is 6.54 Å². The molecule has 0 spiro atoms. The van der Waals surface area contributed by atoms with Crippen molar-refractivity contribution in [2.75, 3.05) is 19.8 Å². The van der Waals surface area contributed by atoms with E-state index in [2.05, 4.69) is 0 Å². The Bertz CT molecular complexity index is 304. The molecule has 0 aromatic heterocycles. The van der Waals surface area contributed by atoms with Crippen LogP contribution in [-0.2, 0) is 11.3 Å². The van der Waals surface area contributed by atoms with Crippen molar-refractivity contribution >= 4 is 0 Å². The highest BCUT2D eigenvalue weighted by Crippen LogP contribution is 2.13. The monoisotopic (exact) mass is 225 g/mol. The molecule has 1 unspecified atom stereocenters. The number of hydrogen-bond acceptors (Lipinski definition) is 4. The van der Waals surface area contributed by atoms with Gasteiger partial charge >= 0.3 is 0 Å². The Hall–Kier alpha value is -1.10. The highest BCUT2D eigenvalue weighted by atomic mass is 16.5. The van der Waals surface area contributed by atoms with Crippen molar-refractivity contribution in [3.63, 3.8) is 0 Å². The number of benzene rings is 1. The van der Waals surface area contributed by atoms with Crippen molar-refractivity contribution in [3.05, 3.63) is 29.8 Å². The second-order valence-electron chi connectivity index (χ2n) is 3.49. The molecule has 16 heavy (non-hydrogen) atoms. The van der Waals surface area contributed by atoms with E-state index in [1.165, 1.54) is 0 Å². The van der Waals surface area contributed by atoms with Crippen LogP contribution in [0.5, 0.6) is 5.75 Å². The summed E-state index contributed by atoms with van der Waals surface area (Å²) in [6.45, 7) is 3.53. The third-order valence-electron chi connectivity index (χ3n) is 2.06. The van der Waals surface area contributed by atoms with Crippen LogP contribution < -0.4 is 10.5 Å². The number of hydrogen-bond donors (Lipinski definition) is 2. The maximum absolute atomic E-state index is 9.20. The minimum Gasteiger partial charge on any atom is -0.494 e. The molecule has 1 aromatic rings. The van der Waals surface area contributed by atoms with Crippen LogP contribution in [-0.4, -0.2) is 31.0 Å². The van der Waals surface area contributed by atoms with Crippen LogP contribution in [0, 0.1) is 0 Å². The van der Waals surface area contributed by atoms with Gasteiger partial charge in [0.1, 0.15) is 5.75 Å². The van der Waals surface area contributed by atoms with E-state index in [9.17, 15) is 5.11 Å². The summed E-state index contributed by atoms with van der Waals surface area (Å²) in [6, 6.07) is 7.71. The first-order valence-corrected chi connectivity index (χ1v) is 5.44. The molecule has 0 amide bonds. The number of nitrogens with two attached hydrogens (primary N) is 1. The van der Waals surface area contributed by atoms with E-state index in [1.807, 2.05) is 31.2 Å². The molecule has 0 saturated heterocycles. The molecule has 0 radical (unpaired) electrons. The van der Waals surface area contributed by atoms with Crippen LogP contribution >= 0.6 is 0 Å². The molecule has 1 aromatic carbocycles. The largest absolute Gasteiger partial charge is 0.494 e. The molecule has 0 fully saturated rings. The zero-order valence-electron chi connectivity index (χ0n) is 9.56. The van der Waals surface area contributed by atoms with Crippen LogP contribution in [0.2, 0.25) is 0 Å². The van der Waals surface area contributed by atoms with E-state index in [1.54, 1.807) is 0 Å². The van der Waals surface area contributed by atoms with Gasteiger partial charge in [0.25, 0.3) is 0 Å². The van der Waals surface area contributed by atoms with Crippen LogP contribution in [0.1, 0.15) is 12.5 Å². The molecule has 0 aliphatic heterocycles. The van der Waals surface area contributed by atoms with Crippen LogP contribution in [0.15, 0.2) is 24.3 Å². The van der Waals surface area contributed by atoms with Crippen molar-refractivity contribution in [2.45, 2.75) is 19.6 Å². The summed E-state index contributed by atoms with van der Waals surface area (Å²) < 4.78 is 10.7. The fourth-order valence-corrected chi connectivity index (χ4v) is 1.27. The van der Waals surface area contributed by atoms with Gasteiger partial charge in [-0.15, -0.1) is 0 Å². The Morgan fingerprint density at radius 3 is 2.94 bits per heavy atom. The molecule has 4 nitrogen and oxygen atoms in total. The van der Waals surface area contributed by atoms with Crippen LogP contribution in [0.25, 0.3) is 0 Å². The lowest BCUT2D eigenvalue weighted by atomic mass is 10.2. The second-order valence-corrected chi connectivity index (χ2v) is 3.49. The van der Waals surface area contributed by atoms with Crippen LogP contribution in [0.4, 0.5) is 0 Å². The molecule has 0 saturated carbocycles. The summed E-state index contributed by atoms with van der Waals surface area (Å²) in [4.78, 5) is 0. The number of aliphatic hydroxyl groups is 1. The third-order valence-corrected chi connectivity index (χ3v) is 2.06. The Morgan fingerprint density at radius 1 is 1.44 bits per heavy atom. The van der Waals surface area contributed by atoms with Gasteiger partial charge < -0.3 is 20.3 Å². The van der Waals surface area contributed by atoms with Gasteiger partial charge in [-0.25, -0.2) is 0 Å². The summed E-state index contributed by atoms with van der Waals surface area (Å²) in [5, 5.41) is 9.20. The van der Waals surface area contributed by atoms with Gasteiger partial charge in [-0.05, 0) is 24.6 Å². The van der Waals surface area contributed by atoms with Crippen molar-refractivity contribution in [3.8, 4) is 5.75 Å². The zero-order valence-corrected chi connectivity index (χ0v) is 9.56. The lowest BCUT2D eigenvalue weighted by Gasteiger charge is -2.09. The molecule has 90 valence electrons. The van der Waals surface area contributed by atoms with E-state index in [4.69, 9.17) is 15.2 Å². The first kappa shape index (κ1) is 13.0. The van der Waals surface area contributed by atoms with E-state index >= 15 is 0 Å². The molecular formula is C12H19NO3. The lowest BCUT2D eigenvalue weighted by molar-refractivity contribution is 0.0328. The smallest absolute Gasteiger partial charge is 0.119 e. The summed E-state index contributed by atoms with van der Waals surface area (Å²) in [5.74, 6) is 0.836. The van der Waals surface area contributed by atoms with Crippen molar-refractivity contribution < 1.29 is 14.6 Å². The van der Waals surface area contributed by atoms with E-state index < -0.39 is 6.10 Å². The summed E-state index contributed by atoms with van der Waals surface area (Å²) >= 11 is 0. The molecule has 0 bridgehead atoms. The molecule has 4 heteroatoms. The first-order chi connectivity index (χ1) is 7.76. The third kappa shape index (κ3) is 4.61. The zero-order chi connectivity index (χ0) is 11.8. The van der Waals surface area contributed by atoms with Gasteiger partial charge in [0.2, 0.25) is 0 Å². The molecule has 3 N–H and O–H groups in total. The maximum Gasteiger partial charge on any atom is 0.119 e. The highest BCUT2D eigenvalue weighted by molar-refractivity contribution is 5.27. The average Bonchev–Trinajstić information content (AvgIpc) is 2.30. The molecule has 1 rings (SSSR count). The average molecular weight is 225 g/mol. The predicted octanol–water partition coefficient (Wildman–Crippen LogP) is 0.921. The molecule has 0 aliphatic carbocycles. The second kappa shape index (κ2) is 7.22. The standard InChI is InChI=1S/C12H19NO3/c1-2-16-12-5-3-4-10(6-12)8-15-9-11(14)7-13/h3-6,11,14H,2,7-9,13H2,1H3. The fourth-order valence-electron chi connectivity index (χ4n) is 1.27. The Labute approximate surface area is 96.0 Å². The number of aliphatic hydroxyl groups excluding tert-OH is 1. The van der Waals surface area contributed by atoms with Gasteiger partial charge in [0.05, 0.1) is 25.9 Å². The normalized spacial score (nSPS) is 12.4. The van der Waals surface area contributed by atoms with Crippen molar-refractivity contribution in [2.24, 2.45) is 5.73 Å². The number of rotatable bonds is 7. The molecule has 0 heterocycles. The van der Waals surface area contributed by atoms with Gasteiger partial charge in [-0.3, -0.25) is 0 Å². The molecule has 0 aliphatic rings. The lowest BCUT2D eigenvalue weighted by Crippen LogP contribution is -2.24. The SMILES string of the molecule is CCOc1cccc(COCC(O)CN)c1.